The van der Waals surface area contributed by atoms with Gasteiger partial charge in [0.05, 0.1) is 6.04 Å². The monoisotopic (exact) mass is 438 g/mol. The third-order valence-corrected chi connectivity index (χ3v) is 5.16. The summed E-state index contributed by atoms with van der Waals surface area (Å²) >= 11 is 0. The van der Waals surface area contributed by atoms with Crippen molar-refractivity contribution in [3.63, 3.8) is 0 Å². The van der Waals surface area contributed by atoms with Crippen LogP contribution < -0.4 is 16.0 Å². The molecule has 3 rings (SSSR count). The molecule has 0 spiro atoms. The van der Waals surface area contributed by atoms with Crippen LogP contribution in [0.5, 0.6) is 0 Å². The van der Waals surface area contributed by atoms with Gasteiger partial charge in [-0.2, -0.15) is 0 Å². The van der Waals surface area contributed by atoms with Crippen LogP contribution in [0.25, 0.3) is 6.08 Å². The minimum atomic E-state index is -0.909. The Balaban J connectivity index is 1.67. The van der Waals surface area contributed by atoms with Crippen molar-refractivity contribution in [2.45, 2.75) is 38.3 Å². The van der Waals surface area contributed by atoms with E-state index in [0.29, 0.717) is 30.7 Å². The summed E-state index contributed by atoms with van der Waals surface area (Å²) < 4.78 is 4.95. The number of aromatic nitrogens is 1. The Hall–Kier alpha value is -3.75. The van der Waals surface area contributed by atoms with E-state index in [2.05, 4.69) is 21.1 Å². The zero-order valence-electron chi connectivity index (χ0n) is 17.7. The minimum Gasteiger partial charge on any atom is -0.361 e. The molecular weight excluding hydrogens is 412 g/mol. The first kappa shape index (κ1) is 22.9. The maximum Gasteiger partial charge on any atom is 0.244 e. The molecule has 1 fully saturated rings. The van der Waals surface area contributed by atoms with Gasteiger partial charge < -0.3 is 25.3 Å². The van der Waals surface area contributed by atoms with Gasteiger partial charge in [0.1, 0.15) is 23.8 Å². The van der Waals surface area contributed by atoms with Gasteiger partial charge in [-0.05, 0) is 31.4 Å². The molecule has 1 aromatic heterocycles. The van der Waals surface area contributed by atoms with Crippen molar-refractivity contribution in [3.05, 3.63) is 59.5 Å². The lowest BCUT2D eigenvalue weighted by Gasteiger charge is -2.21. The van der Waals surface area contributed by atoms with Gasteiger partial charge in [-0.25, -0.2) is 0 Å². The van der Waals surface area contributed by atoms with E-state index in [4.69, 9.17) is 4.52 Å². The quantitative estimate of drug-likeness (QED) is 0.374. The van der Waals surface area contributed by atoms with E-state index in [0.717, 1.165) is 5.56 Å². The number of carbonyl (C=O) groups excluding carboxylic acids is 4. The minimum absolute atomic E-state index is 0.117. The highest BCUT2D eigenvalue weighted by atomic mass is 16.5. The van der Waals surface area contributed by atoms with Crippen LogP contribution in [0.15, 0.2) is 47.0 Å². The van der Waals surface area contributed by atoms with Crippen LogP contribution >= 0.6 is 0 Å². The lowest BCUT2D eigenvalue weighted by atomic mass is 9.98. The first-order valence-electron chi connectivity index (χ1n) is 10.4. The summed E-state index contributed by atoms with van der Waals surface area (Å²) in [6, 6.07) is 9.17. The van der Waals surface area contributed by atoms with Crippen LogP contribution in [0.1, 0.15) is 29.9 Å². The smallest absolute Gasteiger partial charge is 0.244 e. The van der Waals surface area contributed by atoms with Gasteiger partial charge in [0.25, 0.3) is 0 Å². The highest BCUT2D eigenvalue weighted by Crippen LogP contribution is 2.15. The molecule has 3 N–H and O–H groups in total. The molecule has 3 amide bonds. The van der Waals surface area contributed by atoms with E-state index < -0.39 is 23.9 Å². The van der Waals surface area contributed by atoms with E-state index in [1.807, 2.05) is 30.3 Å². The highest BCUT2D eigenvalue weighted by molar-refractivity contribution is 5.96. The standard InChI is InChI=1S/C23H26N4O5/c1-15-11-18(27-32-15)7-8-21(29)26-20(12-16-5-3-2-4-6-16)23(31)25-19(14-28)13-17-9-10-24-22(17)30/h2-8,11,14,17,19-20H,9-10,12-13H2,1H3,(H,24,30)(H,25,31)(H,26,29)/b8-7+/t17-,19-,20-/m0/s1. The zero-order valence-corrected chi connectivity index (χ0v) is 17.7. The fourth-order valence-electron chi connectivity index (χ4n) is 3.51. The maximum atomic E-state index is 12.9. The second kappa shape index (κ2) is 11.0. The summed E-state index contributed by atoms with van der Waals surface area (Å²) in [5.41, 5.74) is 1.33. The summed E-state index contributed by atoms with van der Waals surface area (Å²) in [6.45, 7) is 2.30. The molecule has 2 heterocycles. The topological polar surface area (TPSA) is 130 Å². The Labute approximate surface area is 185 Å². The van der Waals surface area contributed by atoms with E-state index >= 15 is 0 Å². The number of carbonyl (C=O) groups is 4. The van der Waals surface area contributed by atoms with Crippen LogP contribution in [0.4, 0.5) is 0 Å². The molecule has 168 valence electrons. The number of benzene rings is 1. The van der Waals surface area contributed by atoms with Gasteiger partial charge in [-0.1, -0.05) is 35.5 Å². The molecule has 0 aliphatic carbocycles. The molecule has 0 saturated carbocycles. The lowest BCUT2D eigenvalue weighted by molar-refractivity contribution is -0.129. The van der Waals surface area contributed by atoms with Crippen molar-refractivity contribution in [2.24, 2.45) is 5.92 Å². The van der Waals surface area contributed by atoms with Crippen molar-refractivity contribution >= 4 is 30.1 Å². The molecule has 0 unspecified atom stereocenters. The molecule has 1 aliphatic heterocycles. The molecule has 0 radical (unpaired) electrons. The predicted molar refractivity (Wildman–Crippen MR) is 116 cm³/mol. The Kier molecular flexibility index (Phi) is 7.91. The van der Waals surface area contributed by atoms with Gasteiger partial charge >= 0.3 is 0 Å². The second-order valence-corrected chi connectivity index (χ2v) is 7.71. The highest BCUT2D eigenvalue weighted by Gasteiger charge is 2.29. The lowest BCUT2D eigenvalue weighted by Crippen LogP contribution is -2.51. The summed E-state index contributed by atoms with van der Waals surface area (Å²) in [7, 11) is 0. The largest absolute Gasteiger partial charge is 0.361 e. The fourth-order valence-corrected chi connectivity index (χ4v) is 3.51. The van der Waals surface area contributed by atoms with Crippen molar-refractivity contribution < 1.29 is 23.7 Å². The van der Waals surface area contributed by atoms with Gasteiger partial charge in [0, 0.05) is 31.0 Å². The molecule has 2 aromatic rings. The third-order valence-electron chi connectivity index (χ3n) is 5.16. The molecule has 0 bridgehead atoms. The Morgan fingerprint density at radius 3 is 2.69 bits per heavy atom. The van der Waals surface area contributed by atoms with Crippen LogP contribution in [-0.2, 0) is 25.6 Å². The third kappa shape index (κ3) is 6.63. The molecule has 3 atom stereocenters. The number of nitrogens with zero attached hydrogens (tertiary/aromatic N) is 1. The maximum absolute atomic E-state index is 12.9. The van der Waals surface area contributed by atoms with Crippen molar-refractivity contribution in [3.8, 4) is 0 Å². The van der Waals surface area contributed by atoms with Crippen molar-refractivity contribution in [2.75, 3.05) is 6.54 Å². The number of hydrogen-bond acceptors (Lipinski definition) is 6. The van der Waals surface area contributed by atoms with Gasteiger partial charge in [0.2, 0.25) is 17.7 Å². The predicted octanol–water partition coefficient (Wildman–Crippen LogP) is 0.934. The van der Waals surface area contributed by atoms with Crippen LogP contribution in [-0.4, -0.2) is 47.8 Å². The summed E-state index contributed by atoms with van der Waals surface area (Å²) in [5, 5.41) is 11.8. The van der Waals surface area contributed by atoms with Crippen molar-refractivity contribution in [1.82, 2.24) is 21.1 Å². The normalized spacial score (nSPS) is 17.5. The molecule has 9 heteroatoms. The average molecular weight is 438 g/mol. The van der Waals surface area contributed by atoms with E-state index in [1.54, 1.807) is 13.0 Å². The molecule has 32 heavy (non-hydrogen) atoms. The number of nitrogens with one attached hydrogen (secondary N) is 3. The summed E-state index contributed by atoms with van der Waals surface area (Å²) in [6.07, 6.45) is 4.45. The van der Waals surface area contributed by atoms with Gasteiger partial charge in [-0.3, -0.25) is 14.4 Å². The summed E-state index contributed by atoms with van der Waals surface area (Å²) in [5.74, 6) is -0.805. The molecule has 1 aromatic carbocycles. The Morgan fingerprint density at radius 2 is 2.06 bits per heavy atom. The first-order valence-corrected chi connectivity index (χ1v) is 10.4. The van der Waals surface area contributed by atoms with E-state index in [-0.39, 0.29) is 24.7 Å². The first-order chi connectivity index (χ1) is 15.4. The second-order valence-electron chi connectivity index (χ2n) is 7.71. The van der Waals surface area contributed by atoms with Gasteiger partial charge in [0.15, 0.2) is 0 Å². The Morgan fingerprint density at radius 1 is 1.28 bits per heavy atom. The number of amides is 3. The molecule has 1 aliphatic rings. The Bertz CT molecular complexity index is 985. The number of aldehydes is 1. The van der Waals surface area contributed by atoms with Crippen molar-refractivity contribution in [1.29, 1.82) is 0 Å². The van der Waals surface area contributed by atoms with E-state index in [9.17, 15) is 19.2 Å². The SMILES string of the molecule is Cc1cc(/C=C/C(=O)N[C@@H](Cc2ccccc2)C(=O)N[C@H](C=O)C[C@@H]2CCNC2=O)no1. The molecule has 1 saturated heterocycles. The average Bonchev–Trinajstić information content (AvgIpc) is 3.39. The summed E-state index contributed by atoms with van der Waals surface area (Å²) in [4.78, 5) is 48.7. The number of aryl methyl sites for hydroxylation is 1. The number of rotatable bonds is 10. The van der Waals surface area contributed by atoms with Gasteiger partial charge in [-0.15, -0.1) is 0 Å². The van der Waals surface area contributed by atoms with Crippen LogP contribution in [0.2, 0.25) is 0 Å². The fraction of sp³-hybridized carbons (Fsp3) is 0.348. The van der Waals surface area contributed by atoms with E-state index in [1.165, 1.54) is 12.2 Å². The van der Waals surface area contributed by atoms with Crippen LogP contribution in [0, 0.1) is 12.8 Å². The molecule has 9 nitrogen and oxygen atoms in total. The van der Waals surface area contributed by atoms with Crippen LogP contribution in [0.3, 0.4) is 0 Å². The number of hydrogen-bond donors (Lipinski definition) is 3. The zero-order chi connectivity index (χ0) is 22.9. The molecular formula is C23H26N4O5.